The highest BCUT2D eigenvalue weighted by molar-refractivity contribution is 6.43. The lowest BCUT2D eigenvalue weighted by atomic mass is 9.48. The third-order valence-electron chi connectivity index (χ3n) is 11.5. The first-order valence-electron chi connectivity index (χ1n) is 20.1. The lowest BCUT2D eigenvalue weighted by Gasteiger charge is -2.59. The molecule has 0 radical (unpaired) electrons. The minimum Gasteiger partial charge on any atom is -0.496 e. The zero-order valence-corrected chi connectivity index (χ0v) is 34.6. The van der Waals surface area contributed by atoms with Crippen molar-refractivity contribution in [1.29, 1.82) is 5.41 Å². The van der Waals surface area contributed by atoms with Gasteiger partial charge in [-0.2, -0.15) is 0 Å². The van der Waals surface area contributed by atoms with Crippen LogP contribution in [-0.4, -0.2) is 88.2 Å². The van der Waals surface area contributed by atoms with E-state index in [0.29, 0.717) is 41.2 Å². The van der Waals surface area contributed by atoms with Crippen molar-refractivity contribution in [2.24, 2.45) is 23.7 Å². The summed E-state index contributed by atoms with van der Waals surface area (Å²) in [5.74, 6) is 2.01. The first-order chi connectivity index (χ1) is 26.2. The Hall–Kier alpha value is -4.09. The number of benzene rings is 2. The molecule has 6 rings (SSSR count). The van der Waals surface area contributed by atoms with Crippen LogP contribution in [0.1, 0.15) is 96.6 Å². The van der Waals surface area contributed by atoms with Gasteiger partial charge >= 0.3 is 5.97 Å². The molecular formula is C44H65N5O6. The number of esters is 1. The van der Waals surface area contributed by atoms with Gasteiger partial charge < -0.3 is 39.8 Å². The minimum absolute atomic E-state index is 0.0233. The Balaban J connectivity index is 1.43. The molecule has 0 aromatic heterocycles. The van der Waals surface area contributed by atoms with Crippen LogP contribution < -0.4 is 30.2 Å². The Labute approximate surface area is 328 Å². The molecule has 4 bridgehead atoms. The number of methoxy groups -OCH3 is 2. The van der Waals surface area contributed by atoms with E-state index in [4.69, 9.17) is 18.9 Å². The molecule has 2 aromatic rings. The molecule has 0 atom stereocenters. The number of carbonyl (C=O) groups excluding carboxylic acids is 2. The molecule has 11 heteroatoms. The smallest absolute Gasteiger partial charge is 0.332 e. The second kappa shape index (κ2) is 18.2. The Bertz CT molecular complexity index is 1650. The van der Waals surface area contributed by atoms with Gasteiger partial charge in [0.2, 0.25) is 0 Å². The zero-order chi connectivity index (χ0) is 39.9. The second-order valence-corrected chi connectivity index (χ2v) is 17.1. The van der Waals surface area contributed by atoms with Crippen molar-refractivity contribution in [2.45, 2.75) is 96.6 Å². The van der Waals surface area contributed by atoms with Crippen molar-refractivity contribution in [2.75, 3.05) is 59.9 Å². The van der Waals surface area contributed by atoms with Gasteiger partial charge in [0.1, 0.15) is 34.1 Å². The SMILES string of the molecule is CNCCCN(C)CCCOc1ccc(N/C(=C\C(=N)C(=O)NC2(C(=O)OC(C)(C)C)C3CC4CC(C3)CC2C4)c2c(OC)cccc2OC)c(C(C)C)c1. The molecule has 2 aromatic carbocycles. The van der Waals surface area contributed by atoms with Crippen LogP contribution in [0.4, 0.5) is 5.69 Å². The largest absolute Gasteiger partial charge is 0.496 e. The number of anilines is 1. The summed E-state index contributed by atoms with van der Waals surface area (Å²) in [5, 5.41) is 19.1. The zero-order valence-electron chi connectivity index (χ0n) is 34.6. The van der Waals surface area contributed by atoms with Gasteiger partial charge in [-0.05, 0) is 164 Å². The minimum atomic E-state index is -1.17. The van der Waals surface area contributed by atoms with Crippen molar-refractivity contribution in [3.8, 4) is 17.2 Å². The lowest BCUT2D eigenvalue weighted by Crippen LogP contribution is -2.71. The van der Waals surface area contributed by atoms with Crippen molar-refractivity contribution < 1.29 is 28.5 Å². The van der Waals surface area contributed by atoms with Crippen LogP contribution in [0.5, 0.6) is 17.2 Å². The molecule has 0 saturated heterocycles. The lowest BCUT2D eigenvalue weighted by molar-refractivity contribution is -0.183. The van der Waals surface area contributed by atoms with E-state index < -0.39 is 17.0 Å². The highest BCUT2D eigenvalue weighted by atomic mass is 16.6. The van der Waals surface area contributed by atoms with Crippen LogP contribution in [0.25, 0.3) is 5.70 Å². The summed E-state index contributed by atoms with van der Waals surface area (Å²) in [6.07, 6.45) is 8.25. The van der Waals surface area contributed by atoms with Crippen molar-refractivity contribution in [3.05, 3.63) is 53.6 Å². The maximum atomic E-state index is 14.3. The molecule has 4 N–H and O–H groups in total. The molecule has 11 nitrogen and oxygen atoms in total. The molecule has 0 heterocycles. The first kappa shape index (κ1) is 42.1. The standard InChI is InChI=1S/C44H65N5O6/c1-28(2)34-26-33(54-20-12-19-49(7)18-11-17-46-6)15-16-36(34)47-37(40-38(52-8)13-10-14-39(40)53-9)27-35(45)41(50)48-44(42(51)55-43(3,4)5)31-22-29-21-30(24-31)25-32(44)23-29/h10,13-16,26-32,45-47H,11-12,17-25H2,1-9H3,(H,48,50)/b37-27-,45-35?. The predicted octanol–water partition coefficient (Wildman–Crippen LogP) is 7.26. The summed E-state index contributed by atoms with van der Waals surface area (Å²) in [6, 6.07) is 11.4. The number of rotatable bonds is 19. The summed E-state index contributed by atoms with van der Waals surface area (Å²) in [7, 11) is 7.28. The number of hydrogen-bond donors (Lipinski definition) is 4. The summed E-state index contributed by atoms with van der Waals surface area (Å²) in [6.45, 7) is 13.4. The average Bonchev–Trinajstić information content (AvgIpc) is 3.13. The molecule has 4 aliphatic rings. The number of hydrogen-bond acceptors (Lipinski definition) is 10. The van der Waals surface area contributed by atoms with Gasteiger partial charge in [-0.15, -0.1) is 0 Å². The van der Waals surface area contributed by atoms with Gasteiger partial charge in [-0.25, -0.2) is 4.79 Å². The number of carbonyl (C=O) groups is 2. The quantitative estimate of drug-likeness (QED) is 0.0664. The van der Waals surface area contributed by atoms with E-state index in [-0.39, 0.29) is 29.4 Å². The second-order valence-electron chi connectivity index (χ2n) is 17.1. The fraction of sp³-hybridized carbons (Fsp3) is 0.614. The van der Waals surface area contributed by atoms with E-state index in [9.17, 15) is 15.0 Å². The highest BCUT2D eigenvalue weighted by Gasteiger charge is 2.63. The number of amides is 1. The normalized spacial score (nSPS) is 23.1. The molecule has 4 fully saturated rings. The Morgan fingerprint density at radius 3 is 2.15 bits per heavy atom. The third-order valence-corrected chi connectivity index (χ3v) is 11.5. The highest BCUT2D eigenvalue weighted by Crippen LogP contribution is 2.59. The molecule has 1 amide bonds. The predicted molar refractivity (Wildman–Crippen MR) is 219 cm³/mol. The Morgan fingerprint density at radius 2 is 1.58 bits per heavy atom. The van der Waals surface area contributed by atoms with Crippen LogP contribution in [0.3, 0.4) is 0 Å². The van der Waals surface area contributed by atoms with Crippen molar-refractivity contribution in [3.63, 3.8) is 0 Å². The van der Waals surface area contributed by atoms with E-state index in [2.05, 4.69) is 47.8 Å². The fourth-order valence-electron chi connectivity index (χ4n) is 9.16. The van der Waals surface area contributed by atoms with E-state index in [1.54, 1.807) is 14.2 Å². The summed E-state index contributed by atoms with van der Waals surface area (Å²) in [4.78, 5) is 30.8. The number of nitrogens with one attached hydrogen (secondary N) is 4. The fourth-order valence-corrected chi connectivity index (χ4v) is 9.16. The van der Waals surface area contributed by atoms with Crippen LogP contribution in [0, 0.1) is 29.1 Å². The van der Waals surface area contributed by atoms with E-state index in [1.165, 1.54) is 12.5 Å². The monoisotopic (exact) mass is 759 g/mol. The molecule has 302 valence electrons. The van der Waals surface area contributed by atoms with Crippen molar-refractivity contribution in [1.82, 2.24) is 15.5 Å². The summed E-state index contributed by atoms with van der Waals surface area (Å²) in [5.41, 5.74) is 0.634. The Kier molecular flexibility index (Phi) is 13.9. The summed E-state index contributed by atoms with van der Waals surface area (Å²) < 4.78 is 23.9. The van der Waals surface area contributed by atoms with Gasteiger partial charge in [0, 0.05) is 12.2 Å². The first-order valence-corrected chi connectivity index (χ1v) is 20.1. The number of nitrogens with zero attached hydrogens (tertiary/aromatic N) is 1. The topological polar surface area (TPSA) is 134 Å². The average molecular weight is 760 g/mol. The maximum Gasteiger partial charge on any atom is 0.332 e. The van der Waals surface area contributed by atoms with Gasteiger partial charge in [-0.3, -0.25) is 10.2 Å². The molecule has 0 unspecified atom stereocenters. The van der Waals surface area contributed by atoms with Crippen LogP contribution >= 0.6 is 0 Å². The van der Waals surface area contributed by atoms with Crippen LogP contribution in [0.15, 0.2) is 42.5 Å². The summed E-state index contributed by atoms with van der Waals surface area (Å²) >= 11 is 0. The number of ether oxygens (including phenoxy) is 4. The van der Waals surface area contributed by atoms with Gasteiger partial charge in [0.25, 0.3) is 5.91 Å². The third kappa shape index (κ3) is 10.0. The molecular weight excluding hydrogens is 695 g/mol. The van der Waals surface area contributed by atoms with Crippen LogP contribution in [-0.2, 0) is 14.3 Å². The molecule has 55 heavy (non-hydrogen) atoms. The van der Waals surface area contributed by atoms with E-state index in [0.717, 1.165) is 75.2 Å². The van der Waals surface area contributed by atoms with Gasteiger partial charge in [-0.1, -0.05) is 19.9 Å². The molecule has 0 aliphatic heterocycles. The molecule has 4 aliphatic carbocycles. The molecule has 4 saturated carbocycles. The maximum absolute atomic E-state index is 14.3. The van der Waals surface area contributed by atoms with Gasteiger partial charge in [0.05, 0.1) is 32.1 Å². The Morgan fingerprint density at radius 1 is 0.964 bits per heavy atom. The van der Waals surface area contributed by atoms with E-state index in [1.807, 2.05) is 58.2 Å². The molecule has 0 spiro atoms. The van der Waals surface area contributed by atoms with E-state index >= 15 is 0 Å². The van der Waals surface area contributed by atoms with Gasteiger partial charge in [0.15, 0.2) is 0 Å². The van der Waals surface area contributed by atoms with Crippen molar-refractivity contribution >= 4 is 29.0 Å². The van der Waals surface area contributed by atoms with Crippen LogP contribution in [0.2, 0.25) is 0 Å².